The van der Waals surface area contributed by atoms with Gasteiger partial charge < -0.3 is 18.4 Å². The molecule has 2 saturated carbocycles. The van der Waals surface area contributed by atoms with Crippen LogP contribution in [0.2, 0.25) is 31.7 Å². The standard InChI is InChI=1S/C21H42O4Si2/c1-16-14-17(6-8-19(16)22)10-12-26(3,4)25-27(5,23-2)13-11-18-7-9-20-21(15-18)24-20/h16-22H,6-15H2,1-5H3. The number of aliphatic hydroxyl groups excluding tert-OH is 1. The quantitative estimate of drug-likeness (QED) is 0.423. The molecule has 27 heavy (non-hydrogen) atoms. The van der Waals surface area contributed by atoms with Crippen molar-refractivity contribution in [3.05, 3.63) is 0 Å². The summed E-state index contributed by atoms with van der Waals surface area (Å²) in [6, 6.07) is 2.34. The molecule has 1 N–H and O–H groups in total. The van der Waals surface area contributed by atoms with Gasteiger partial charge in [0.05, 0.1) is 18.3 Å². The Balaban J connectivity index is 1.43. The fourth-order valence-electron chi connectivity index (χ4n) is 5.35. The van der Waals surface area contributed by atoms with Crippen LogP contribution in [0.4, 0.5) is 0 Å². The van der Waals surface area contributed by atoms with Crippen LogP contribution >= 0.6 is 0 Å². The summed E-state index contributed by atoms with van der Waals surface area (Å²) in [6.45, 7) is 9.23. The molecule has 158 valence electrons. The minimum absolute atomic E-state index is 0.0805. The maximum atomic E-state index is 9.96. The number of aliphatic hydroxyl groups is 1. The van der Waals surface area contributed by atoms with E-state index in [1.54, 1.807) is 0 Å². The summed E-state index contributed by atoms with van der Waals surface area (Å²) >= 11 is 0. The van der Waals surface area contributed by atoms with Gasteiger partial charge in [-0.25, -0.2) is 0 Å². The topological polar surface area (TPSA) is 51.2 Å². The normalized spacial score (nSPS) is 38.9. The summed E-state index contributed by atoms with van der Waals surface area (Å²) in [5.41, 5.74) is 0. The second kappa shape index (κ2) is 8.96. The molecule has 1 aliphatic heterocycles. The van der Waals surface area contributed by atoms with E-state index >= 15 is 0 Å². The monoisotopic (exact) mass is 414 g/mol. The van der Waals surface area contributed by atoms with Crippen LogP contribution in [0.5, 0.6) is 0 Å². The highest BCUT2D eigenvalue weighted by atomic mass is 28.4. The number of epoxide rings is 1. The van der Waals surface area contributed by atoms with Gasteiger partial charge in [0.25, 0.3) is 0 Å². The maximum Gasteiger partial charge on any atom is 0.324 e. The van der Waals surface area contributed by atoms with Crippen molar-refractivity contribution >= 4 is 16.9 Å². The van der Waals surface area contributed by atoms with Gasteiger partial charge >= 0.3 is 8.56 Å². The summed E-state index contributed by atoms with van der Waals surface area (Å²) < 4.78 is 18.5. The molecule has 4 nitrogen and oxygen atoms in total. The Morgan fingerprint density at radius 2 is 1.59 bits per heavy atom. The first-order valence-electron chi connectivity index (χ1n) is 11.3. The Morgan fingerprint density at radius 1 is 0.926 bits per heavy atom. The van der Waals surface area contributed by atoms with Crippen LogP contribution in [-0.2, 0) is 13.3 Å². The lowest BCUT2D eigenvalue weighted by molar-refractivity contribution is 0.0563. The molecular weight excluding hydrogens is 372 g/mol. The van der Waals surface area contributed by atoms with Crippen LogP contribution in [0.25, 0.3) is 0 Å². The molecule has 0 aromatic rings. The maximum absolute atomic E-state index is 9.96. The third kappa shape index (κ3) is 6.38. The highest BCUT2D eigenvalue weighted by Crippen LogP contribution is 2.42. The molecule has 7 atom stereocenters. The molecule has 0 bridgehead atoms. The molecule has 0 aromatic heterocycles. The van der Waals surface area contributed by atoms with Crippen molar-refractivity contribution in [3.63, 3.8) is 0 Å². The molecule has 3 rings (SSSR count). The zero-order valence-corrected chi connectivity index (χ0v) is 20.2. The molecule has 0 radical (unpaired) electrons. The van der Waals surface area contributed by atoms with E-state index < -0.39 is 16.9 Å². The summed E-state index contributed by atoms with van der Waals surface area (Å²) in [6.07, 6.45) is 10.8. The van der Waals surface area contributed by atoms with E-state index in [1.165, 1.54) is 51.0 Å². The summed E-state index contributed by atoms with van der Waals surface area (Å²) in [4.78, 5) is 0. The van der Waals surface area contributed by atoms with Crippen molar-refractivity contribution < 1.29 is 18.4 Å². The van der Waals surface area contributed by atoms with Gasteiger partial charge in [0.15, 0.2) is 8.32 Å². The molecule has 7 unspecified atom stereocenters. The Kier molecular flexibility index (Phi) is 7.29. The highest BCUT2D eigenvalue weighted by Gasteiger charge is 2.45. The number of ether oxygens (including phenoxy) is 1. The van der Waals surface area contributed by atoms with Gasteiger partial charge in [0, 0.05) is 7.11 Å². The molecule has 1 saturated heterocycles. The Morgan fingerprint density at radius 3 is 2.26 bits per heavy atom. The second-order valence-electron chi connectivity index (χ2n) is 10.4. The average Bonchev–Trinajstić information content (AvgIpc) is 3.39. The van der Waals surface area contributed by atoms with Gasteiger partial charge in [-0.3, -0.25) is 0 Å². The van der Waals surface area contributed by atoms with E-state index in [-0.39, 0.29) is 6.10 Å². The molecule has 0 amide bonds. The zero-order chi connectivity index (χ0) is 19.7. The van der Waals surface area contributed by atoms with E-state index in [0.29, 0.717) is 18.1 Å². The Labute approximate surface area is 168 Å². The van der Waals surface area contributed by atoms with Crippen molar-refractivity contribution in [1.82, 2.24) is 0 Å². The minimum atomic E-state index is -2.08. The summed E-state index contributed by atoms with van der Waals surface area (Å²) in [5, 5.41) is 9.96. The Hall–Kier alpha value is 0.274. The molecule has 3 aliphatic rings. The third-order valence-electron chi connectivity index (χ3n) is 7.43. The van der Waals surface area contributed by atoms with E-state index in [4.69, 9.17) is 13.3 Å². The van der Waals surface area contributed by atoms with Crippen molar-refractivity contribution in [1.29, 1.82) is 0 Å². The minimum Gasteiger partial charge on any atom is -0.436 e. The van der Waals surface area contributed by atoms with Gasteiger partial charge in [-0.15, -0.1) is 0 Å². The lowest BCUT2D eigenvalue weighted by atomic mass is 9.79. The highest BCUT2D eigenvalue weighted by molar-refractivity contribution is 6.82. The van der Waals surface area contributed by atoms with E-state index in [2.05, 4.69) is 26.6 Å². The van der Waals surface area contributed by atoms with Crippen molar-refractivity contribution in [2.45, 2.75) is 108 Å². The van der Waals surface area contributed by atoms with Gasteiger partial charge in [-0.05, 0) is 94.4 Å². The van der Waals surface area contributed by atoms with Crippen molar-refractivity contribution in [3.8, 4) is 0 Å². The molecule has 6 heteroatoms. The largest absolute Gasteiger partial charge is 0.436 e. The fourth-order valence-corrected chi connectivity index (χ4v) is 13.4. The van der Waals surface area contributed by atoms with Crippen molar-refractivity contribution in [2.75, 3.05) is 7.11 Å². The van der Waals surface area contributed by atoms with E-state index in [1.807, 2.05) is 7.11 Å². The number of rotatable bonds is 9. The predicted octanol–water partition coefficient (Wildman–Crippen LogP) is 5.07. The number of hydrogen-bond acceptors (Lipinski definition) is 4. The molecule has 1 heterocycles. The van der Waals surface area contributed by atoms with Crippen molar-refractivity contribution in [2.24, 2.45) is 17.8 Å². The van der Waals surface area contributed by atoms with Crippen LogP contribution in [0.15, 0.2) is 0 Å². The van der Waals surface area contributed by atoms with Gasteiger partial charge in [-0.1, -0.05) is 13.3 Å². The van der Waals surface area contributed by atoms with Gasteiger partial charge in [0.2, 0.25) is 0 Å². The lowest BCUT2D eigenvalue weighted by Crippen LogP contribution is -2.48. The molecule has 0 aromatic carbocycles. The summed E-state index contributed by atoms with van der Waals surface area (Å²) in [7, 11) is -1.94. The first-order chi connectivity index (χ1) is 12.7. The first kappa shape index (κ1) is 22.0. The average molecular weight is 415 g/mol. The smallest absolute Gasteiger partial charge is 0.324 e. The Bertz CT molecular complexity index is 489. The van der Waals surface area contributed by atoms with Crippen LogP contribution in [0, 0.1) is 17.8 Å². The van der Waals surface area contributed by atoms with Crippen LogP contribution in [-0.4, -0.2) is 47.4 Å². The first-order valence-corrected chi connectivity index (χ1v) is 16.9. The van der Waals surface area contributed by atoms with Crippen LogP contribution < -0.4 is 0 Å². The molecule has 2 aliphatic carbocycles. The van der Waals surface area contributed by atoms with E-state index in [9.17, 15) is 5.11 Å². The fraction of sp³-hybridized carbons (Fsp3) is 1.00. The van der Waals surface area contributed by atoms with Gasteiger partial charge in [0.1, 0.15) is 0 Å². The van der Waals surface area contributed by atoms with Crippen LogP contribution in [0.3, 0.4) is 0 Å². The number of fused-ring (bicyclic) bond motifs is 1. The third-order valence-corrected chi connectivity index (χ3v) is 14.9. The van der Waals surface area contributed by atoms with E-state index in [0.717, 1.165) is 24.3 Å². The van der Waals surface area contributed by atoms with Gasteiger partial charge in [-0.2, -0.15) is 0 Å². The zero-order valence-electron chi connectivity index (χ0n) is 18.2. The summed E-state index contributed by atoms with van der Waals surface area (Å²) in [5.74, 6) is 2.03. The molecular formula is C21H42O4Si2. The van der Waals surface area contributed by atoms with Crippen LogP contribution in [0.1, 0.15) is 58.3 Å². The molecule has 0 spiro atoms. The number of hydrogen-bond donors (Lipinski definition) is 1. The predicted molar refractivity (Wildman–Crippen MR) is 115 cm³/mol. The second-order valence-corrected chi connectivity index (χ2v) is 18.4. The lowest BCUT2D eigenvalue weighted by Gasteiger charge is -2.37. The SMILES string of the molecule is CO[Si](C)(CCC1CCC2OC2C1)O[Si](C)(C)CCC1CCC(O)C(C)C1. The molecule has 3 fully saturated rings.